The van der Waals surface area contributed by atoms with E-state index in [2.05, 4.69) is 10.4 Å². The van der Waals surface area contributed by atoms with Crippen LogP contribution in [0, 0.1) is 0 Å². The summed E-state index contributed by atoms with van der Waals surface area (Å²) in [5.74, 6) is 7.00. The van der Waals surface area contributed by atoms with Crippen molar-refractivity contribution in [3.8, 4) is 11.5 Å². The van der Waals surface area contributed by atoms with E-state index in [9.17, 15) is 0 Å². The Morgan fingerprint density at radius 2 is 1.89 bits per heavy atom. The first-order chi connectivity index (χ1) is 8.74. The molecule has 0 unspecified atom stereocenters. The van der Waals surface area contributed by atoms with E-state index in [1.807, 2.05) is 25.1 Å². The number of hydrazine groups is 1. The van der Waals surface area contributed by atoms with Crippen LogP contribution in [0.4, 0.5) is 5.69 Å². The van der Waals surface area contributed by atoms with E-state index < -0.39 is 0 Å². The highest BCUT2D eigenvalue weighted by molar-refractivity contribution is 5.99. The van der Waals surface area contributed by atoms with Gasteiger partial charge in [-0.25, -0.2) is 4.98 Å². The third-order valence-electron chi connectivity index (χ3n) is 2.90. The molecule has 0 aliphatic rings. The second-order valence-corrected chi connectivity index (χ2v) is 3.85. The van der Waals surface area contributed by atoms with Gasteiger partial charge in [0.1, 0.15) is 17.0 Å². The maximum absolute atomic E-state index is 5.58. The number of aryl methyl sites for hydroxylation is 1. The van der Waals surface area contributed by atoms with Crippen LogP contribution >= 0.6 is 0 Å². The first-order valence-corrected chi connectivity index (χ1v) is 5.76. The number of pyridine rings is 1. The number of methoxy groups -OCH3 is 2. The van der Waals surface area contributed by atoms with Crippen molar-refractivity contribution in [1.29, 1.82) is 0 Å². The van der Waals surface area contributed by atoms with Crippen molar-refractivity contribution in [3.05, 3.63) is 23.9 Å². The minimum atomic E-state index is 0.706. The molecule has 5 heteroatoms. The number of benzene rings is 1. The summed E-state index contributed by atoms with van der Waals surface area (Å²) in [5, 5.41) is 0.830. The third-order valence-corrected chi connectivity index (χ3v) is 2.90. The van der Waals surface area contributed by atoms with E-state index in [-0.39, 0.29) is 0 Å². The van der Waals surface area contributed by atoms with Crippen LogP contribution in [0.15, 0.2) is 18.2 Å². The van der Waals surface area contributed by atoms with Crippen molar-refractivity contribution in [3.63, 3.8) is 0 Å². The molecule has 0 saturated heterocycles. The summed E-state index contributed by atoms with van der Waals surface area (Å²) in [4.78, 5) is 4.58. The van der Waals surface area contributed by atoms with E-state index in [1.54, 1.807) is 14.2 Å². The highest BCUT2D eigenvalue weighted by Gasteiger charge is 2.13. The number of nitrogens with one attached hydrogen (secondary N) is 1. The molecule has 2 rings (SSSR count). The Hall–Kier alpha value is -2.01. The molecule has 0 fully saturated rings. The van der Waals surface area contributed by atoms with Gasteiger partial charge in [-0.15, -0.1) is 0 Å². The van der Waals surface area contributed by atoms with Crippen molar-refractivity contribution in [2.75, 3.05) is 19.6 Å². The molecule has 0 radical (unpaired) electrons. The molecule has 0 aliphatic heterocycles. The van der Waals surface area contributed by atoms with Gasteiger partial charge >= 0.3 is 0 Å². The largest absolute Gasteiger partial charge is 0.496 e. The molecule has 0 spiro atoms. The monoisotopic (exact) mass is 247 g/mol. The molecule has 2 aromatic rings. The van der Waals surface area contributed by atoms with Gasteiger partial charge in [0.2, 0.25) is 0 Å². The Labute approximate surface area is 106 Å². The normalized spacial score (nSPS) is 10.4. The summed E-state index contributed by atoms with van der Waals surface area (Å²) < 4.78 is 10.7. The zero-order chi connectivity index (χ0) is 13.1. The molecular weight excluding hydrogens is 230 g/mol. The molecule has 5 nitrogen and oxygen atoms in total. The van der Waals surface area contributed by atoms with Crippen LogP contribution in [0.25, 0.3) is 10.9 Å². The molecule has 0 amide bonds. The number of anilines is 1. The van der Waals surface area contributed by atoms with Crippen LogP contribution in [-0.2, 0) is 6.42 Å². The maximum Gasteiger partial charge on any atom is 0.145 e. The first kappa shape index (κ1) is 12.4. The number of fused-ring (bicyclic) bond motifs is 1. The van der Waals surface area contributed by atoms with Crippen LogP contribution in [0.2, 0.25) is 0 Å². The molecule has 1 aromatic heterocycles. The number of ether oxygens (including phenoxy) is 2. The molecule has 96 valence electrons. The van der Waals surface area contributed by atoms with E-state index >= 15 is 0 Å². The van der Waals surface area contributed by atoms with Crippen molar-refractivity contribution in [1.82, 2.24) is 4.98 Å². The predicted octanol–water partition coefficient (Wildman–Crippen LogP) is 2.10. The fraction of sp³-hybridized carbons (Fsp3) is 0.308. The van der Waals surface area contributed by atoms with E-state index in [1.165, 1.54) is 0 Å². The summed E-state index contributed by atoms with van der Waals surface area (Å²) in [6.45, 7) is 2.04. The summed E-state index contributed by atoms with van der Waals surface area (Å²) >= 11 is 0. The molecule has 1 aromatic carbocycles. The maximum atomic E-state index is 5.58. The SMILES string of the molecule is CCc1cc(NN)c2c(OC)ccc(OC)c2n1. The summed E-state index contributed by atoms with van der Waals surface area (Å²) in [6.07, 6.45) is 0.824. The minimum absolute atomic E-state index is 0.706. The number of aromatic nitrogens is 1. The van der Waals surface area contributed by atoms with Crippen molar-refractivity contribution >= 4 is 16.6 Å². The Morgan fingerprint density at radius 1 is 1.22 bits per heavy atom. The van der Waals surface area contributed by atoms with Gasteiger partial charge in [-0.3, -0.25) is 5.84 Å². The standard InChI is InChI=1S/C13H17N3O2/c1-4-8-7-9(16-14)12-10(17-2)5-6-11(18-3)13(12)15-8/h5-7H,4,14H2,1-3H3,(H,15,16). The summed E-state index contributed by atoms with van der Waals surface area (Å²) in [5.41, 5.74) is 5.18. The van der Waals surface area contributed by atoms with Gasteiger partial charge in [0.15, 0.2) is 0 Å². The van der Waals surface area contributed by atoms with Crippen LogP contribution < -0.4 is 20.7 Å². The Kier molecular flexibility index (Phi) is 3.53. The predicted molar refractivity (Wildman–Crippen MR) is 72.0 cm³/mol. The van der Waals surface area contributed by atoms with Gasteiger partial charge in [0.05, 0.1) is 25.3 Å². The second kappa shape index (κ2) is 5.10. The van der Waals surface area contributed by atoms with Crippen LogP contribution in [0.5, 0.6) is 11.5 Å². The molecule has 1 heterocycles. The lowest BCUT2D eigenvalue weighted by atomic mass is 10.1. The molecule has 0 atom stereocenters. The van der Waals surface area contributed by atoms with E-state index in [4.69, 9.17) is 15.3 Å². The van der Waals surface area contributed by atoms with Gasteiger partial charge in [-0.05, 0) is 24.6 Å². The second-order valence-electron chi connectivity index (χ2n) is 3.85. The van der Waals surface area contributed by atoms with Gasteiger partial charge in [0, 0.05) is 5.69 Å². The quantitative estimate of drug-likeness (QED) is 0.639. The molecule has 18 heavy (non-hydrogen) atoms. The summed E-state index contributed by atoms with van der Waals surface area (Å²) in [6, 6.07) is 5.60. The summed E-state index contributed by atoms with van der Waals surface area (Å²) in [7, 11) is 3.24. The number of hydrogen-bond donors (Lipinski definition) is 2. The average Bonchev–Trinajstić information content (AvgIpc) is 2.44. The topological polar surface area (TPSA) is 69.4 Å². The van der Waals surface area contributed by atoms with Crippen LogP contribution in [0.3, 0.4) is 0 Å². The lowest BCUT2D eigenvalue weighted by Gasteiger charge is -2.14. The number of hydrogen-bond acceptors (Lipinski definition) is 5. The van der Waals surface area contributed by atoms with Crippen molar-refractivity contribution in [2.24, 2.45) is 5.84 Å². The molecular formula is C13H17N3O2. The van der Waals surface area contributed by atoms with E-state index in [0.717, 1.165) is 28.7 Å². The minimum Gasteiger partial charge on any atom is -0.496 e. The van der Waals surface area contributed by atoms with Crippen molar-refractivity contribution in [2.45, 2.75) is 13.3 Å². The number of nitrogen functional groups attached to an aromatic ring is 1. The Balaban J connectivity index is 2.86. The zero-order valence-corrected chi connectivity index (χ0v) is 10.8. The number of nitrogens with zero attached hydrogens (tertiary/aromatic N) is 1. The fourth-order valence-corrected chi connectivity index (χ4v) is 1.97. The highest BCUT2D eigenvalue weighted by Crippen LogP contribution is 2.36. The zero-order valence-electron chi connectivity index (χ0n) is 10.8. The number of rotatable bonds is 4. The molecule has 0 aliphatic carbocycles. The van der Waals surface area contributed by atoms with Gasteiger partial charge < -0.3 is 14.9 Å². The van der Waals surface area contributed by atoms with Gasteiger partial charge in [-0.2, -0.15) is 0 Å². The van der Waals surface area contributed by atoms with Gasteiger partial charge in [0.25, 0.3) is 0 Å². The van der Waals surface area contributed by atoms with Crippen molar-refractivity contribution < 1.29 is 9.47 Å². The van der Waals surface area contributed by atoms with Crippen LogP contribution in [0.1, 0.15) is 12.6 Å². The Morgan fingerprint density at radius 3 is 2.44 bits per heavy atom. The fourth-order valence-electron chi connectivity index (χ4n) is 1.97. The van der Waals surface area contributed by atoms with Gasteiger partial charge in [-0.1, -0.05) is 6.92 Å². The number of nitrogens with two attached hydrogens (primary N) is 1. The van der Waals surface area contributed by atoms with E-state index in [0.29, 0.717) is 11.5 Å². The first-order valence-electron chi connectivity index (χ1n) is 5.76. The molecule has 0 bridgehead atoms. The lowest BCUT2D eigenvalue weighted by Crippen LogP contribution is -2.09. The lowest BCUT2D eigenvalue weighted by molar-refractivity contribution is 0.410. The molecule has 3 N–H and O–H groups in total. The molecule has 0 saturated carbocycles. The Bertz CT molecular complexity index is 570. The van der Waals surface area contributed by atoms with Crippen LogP contribution in [-0.4, -0.2) is 19.2 Å². The smallest absolute Gasteiger partial charge is 0.145 e. The highest BCUT2D eigenvalue weighted by atomic mass is 16.5. The average molecular weight is 247 g/mol. The third kappa shape index (κ3) is 1.93.